The highest BCUT2D eigenvalue weighted by Crippen LogP contribution is 2.23. The number of barbiturate groups is 1. The van der Waals surface area contributed by atoms with Crippen LogP contribution in [0.1, 0.15) is 23.5 Å². The molecule has 1 unspecified atom stereocenters. The fraction of sp³-hybridized carbons (Fsp3) is 0.286. The van der Waals surface area contributed by atoms with E-state index in [-0.39, 0.29) is 13.0 Å². The Morgan fingerprint density at radius 3 is 2.43 bits per heavy atom. The van der Waals surface area contributed by atoms with Gasteiger partial charge in [0, 0.05) is 13.0 Å². The summed E-state index contributed by atoms with van der Waals surface area (Å²) in [6, 6.07) is 6.06. The summed E-state index contributed by atoms with van der Waals surface area (Å²) in [6.07, 6.45) is -0.145. The van der Waals surface area contributed by atoms with Crippen molar-refractivity contribution < 1.29 is 19.2 Å². The monoisotopic (exact) mass is 289 g/mol. The maximum Gasteiger partial charge on any atom is 0.330 e. The van der Waals surface area contributed by atoms with E-state index in [4.69, 9.17) is 5.73 Å². The van der Waals surface area contributed by atoms with Gasteiger partial charge in [0.25, 0.3) is 0 Å². The number of hydrogen-bond donors (Lipinski definition) is 2. The van der Waals surface area contributed by atoms with E-state index in [2.05, 4.69) is 5.32 Å². The quantitative estimate of drug-likeness (QED) is 0.762. The third-order valence-electron chi connectivity index (χ3n) is 3.24. The molecular formula is C14H15N3O4. The third-order valence-corrected chi connectivity index (χ3v) is 3.24. The summed E-state index contributed by atoms with van der Waals surface area (Å²) < 4.78 is 0. The van der Waals surface area contributed by atoms with Crippen molar-refractivity contribution in [2.24, 2.45) is 5.73 Å². The van der Waals surface area contributed by atoms with Crippen LogP contribution in [0.5, 0.6) is 0 Å². The molecule has 1 saturated heterocycles. The Morgan fingerprint density at radius 1 is 1.24 bits per heavy atom. The number of nitrogens with two attached hydrogens (primary N) is 1. The minimum absolute atomic E-state index is 0.143. The maximum atomic E-state index is 12.3. The third kappa shape index (κ3) is 3.07. The second kappa shape index (κ2) is 5.74. The van der Waals surface area contributed by atoms with Crippen LogP contribution < -0.4 is 11.1 Å². The summed E-state index contributed by atoms with van der Waals surface area (Å²) in [5.74, 6) is -3.02. The molecule has 1 aromatic carbocycles. The zero-order valence-electron chi connectivity index (χ0n) is 11.5. The lowest BCUT2D eigenvalue weighted by atomic mass is 9.94. The molecule has 2 rings (SSSR count). The molecule has 110 valence electrons. The topological polar surface area (TPSA) is 110 Å². The summed E-state index contributed by atoms with van der Waals surface area (Å²) in [7, 11) is 0. The van der Waals surface area contributed by atoms with E-state index in [0.717, 1.165) is 10.5 Å². The fourth-order valence-electron chi connectivity index (χ4n) is 2.10. The van der Waals surface area contributed by atoms with Crippen LogP contribution in [0.3, 0.4) is 0 Å². The van der Waals surface area contributed by atoms with Crippen molar-refractivity contribution in [2.45, 2.75) is 19.3 Å². The molecule has 0 saturated carbocycles. The van der Waals surface area contributed by atoms with Crippen molar-refractivity contribution in [3.63, 3.8) is 0 Å². The molecule has 1 aliphatic heterocycles. The van der Waals surface area contributed by atoms with Crippen molar-refractivity contribution in [3.8, 4) is 0 Å². The van der Waals surface area contributed by atoms with Gasteiger partial charge in [0.1, 0.15) is 5.92 Å². The second-order valence-electron chi connectivity index (χ2n) is 4.84. The number of primary amides is 1. The van der Waals surface area contributed by atoms with Crippen LogP contribution in [0.4, 0.5) is 4.79 Å². The lowest BCUT2D eigenvalue weighted by Crippen LogP contribution is -2.57. The number of imide groups is 2. The number of hydrogen-bond acceptors (Lipinski definition) is 4. The highest BCUT2D eigenvalue weighted by molar-refractivity contribution is 6.19. The van der Waals surface area contributed by atoms with Gasteiger partial charge in [0.05, 0.1) is 0 Å². The molecule has 1 aromatic rings. The molecule has 21 heavy (non-hydrogen) atoms. The van der Waals surface area contributed by atoms with E-state index in [1.165, 1.54) is 0 Å². The zero-order chi connectivity index (χ0) is 15.6. The van der Waals surface area contributed by atoms with Crippen molar-refractivity contribution in [2.75, 3.05) is 6.54 Å². The van der Waals surface area contributed by atoms with Crippen molar-refractivity contribution >= 4 is 23.8 Å². The lowest BCUT2D eigenvalue weighted by molar-refractivity contribution is -0.138. The van der Waals surface area contributed by atoms with Gasteiger partial charge in [-0.25, -0.2) is 4.79 Å². The number of carbonyl (C=O) groups is 4. The van der Waals surface area contributed by atoms with E-state index in [9.17, 15) is 19.2 Å². The first-order valence-electron chi connectivity index (χ1n) is 6.41. The molecular weight excluding hydrogens is 274 g/mol. The van der Waals surface area contributed by atoms with Gasteiger partial charge in [0.15, 0.2) is 0 Å². The Kier molecular flexibility index (Phi) is 4.02. The maximum absolute atomic E-state index is 12.3. The van der Waals surface area contributed by atoms with Gasteiger partial charge < -0.3 is 5.73 Å². The van der Waals surface area contributed by atoms with Gasteiger partial charge in [-0.3, -0.25) is 24.6 Å². The average Bonchev–Trinajstić information content (AvgIpc) is 2.40. The van der Waals surface area contributed by atoms with Crippen LogP contribution in [0.15, 0.2) is 24.3 Å². The van der Waals surface area contributed by atoms with Crippen LogP contribution in [-0.4, -0.2) is 35.2 Å². The zero-order valence-corrected chi connectivity index (χ0v) is 11.5. The Bertz CT molecular complexity index is 609. The number of urea groups is 1. The molecule has 3 N–H and O–H groups in total. The van der Waals surface area contributed by atoms with E-state index < -0.39 is 29.7 Å². The predicted molar refractivity (Wildman–Crippen MR) is 73.0 cm³/mol. The molecule has 0 bridgehead atoms. The SMILES string of the molecule is Cc1ccc(C2C(=O)NC(=O)N(CCC(N)=O)C2=O)cc1. The number of aryl methyl sites for hydroxylation is 1. The van der Waals surface area contributed by atoms with Gasteiger partial charge >= 0.3 is 6.03 Å². The van der Waals surface area contributed by atoms with Crippen molar-refractivity contribution in [1.82, 2.24) is 10.2 Å². The predicted octanol–water partition coefficient (Wildman–Crippen LogP) is 0.0324. The van der Waals surface area contributed by atoms with Crippen LogP contribution in [0, 0.1) is 6.92 Å². The summed E-state index contributed by atoms with van der Waals surface area (Å²) in [5.41, 5.74) is 6.50. The summed E-state index contributed by atoms with van der Waals surface area (Å²) in [5, 5.41) is 2.12. The molecule has 0 aliphatic carbocycles. The minimum Gasteiger partial charge on any atom is -0.370 e. The number of carbonyl (C=O) groups excluding carboxylic acids is 4. The first-order valence-corrected chi connectivity index (χ1v) is 6.41. The number of nitrogens with one attached hydrogen (secondary N) is 1. The number of rotatable bonds is 4. The molecule has 7 nitrogen and oxygen atoms in total. The van der Waals surface area contributed by atoms with Crippen LogP contribution >= 0.6 is 0 Å². The lowest BCUT2D eigenvalue weighted by Gasteiger charge is -2.30. The Hall–Kier alpha value is -2.70. The van der Waals surface area contributed by atoms with Crippen LogP contribution in [-0.2, 0) is 14.4 Å². The van der Waals surface area contributed by atoms with Gasteiger partial charge in [-0.15, -0.1) is 0 Å². The Labute approximate surface area is 121 Å². The molecule has 5 amide bonds. The number of benzene rings is 1. The highest BCUT2D eigenvalue weighted by Gasteiger charge is 2.41. The van der Waals surface area contributed by atoms with Crippen molar-refractivity contribution in [3.05, 3.63) is 35.4 Å². The molecule has 1 heterocycles. The first kappa shape index (κ1) is 14.7. The van der Waals surface area contributed by atoms with Crippen LogP contribution in [0.25, 0.3) is 0 Å². The number of nitrogens with zero attached hydrogens (tertiary/aromatic N) is 1. The van der Waals surface area contributed by atoms with E-state index >= 15 is 0 Å². The average molecular weight is 289 g/mol. The molecule has 0 spiro atoms. The Balaban J connectivity index is 2.26. The molecule has 1 fully saturated rings. The second-order valence-corrected chi connectivity index (χ2v) is 4.84. The normalized spacial score (nSPS) is 18.6. The standard InChI is InChI=1S/C14H15N3O4/c1-8-2-4-9(5-3-8)11-12(19)16-14(21)17(13(11)20)7-6-10(15)18/h2-5,11H,6-7H2,1H3,(H2,15,18)(H,16,19,21). The summed E-state index contributed by atoms with van der Waals surface area (Å²) in [6.45, 7) is 1.74. The smallest absolute Gasteiger partial charge is 0.330 e. The van der Waals surface area contributed by atoms with Gasteiger partial charge in [-0.1, -0.05) is 29.8 Å². The Morgan fingerprint density at radius 2 is 1.86 bits per heavy atom. The van der Waals surface area contributed by atoms with Gasteiger partial charge in [-0.2, -0.15) is 0 Å². The highest BCUT2D eigenvalue weighted by atomic mass is 16.2. The molecule has 7 heteroatoms. The minimum atomic E-state index is -1.09. The summed E-state index contributed by atoms with van der Waals surface area (Å²) in [4.78, 5) is 47.6. The van der Waals surface area contributed by atoms with E-state index in [1.54, 1.807) is 24.3 Å². The van der Waals surface area contributed by atoms with E-state index in [0.29, 0.717) is 5.56 Å². The fourth-order valence-corrected chi connectivity index (χ4v) is 2.10. The largest absolute Gasteiger partial charge is 0.370 e. The van der Waals surface area contributed by atoms with E-state index in [1.807, 2.05) is 6.92 Å². The first-order chi connectivity index (χ1) is 9.90. The molecule has 1 atom stereocenters. The molecule has 0 aromatic heterocycles. The molecule has 0 radical (unpaired) electrons. The summed E-state index contributed by atoms with van der Waals surface area (Å²) >= 11 is 0. The molecule has 1 aliphatic rings. The van der Waals surface area contributed by atoms with Gasteiger partial charge in [0.2, 0.25) is 17.7 Å². The van der Waals surface area contributed by atoms with Gasteiger partial charge in [-0.05, 0) is 12.5 Å². The van der Waals surface area contributed by atoms with Crippen molar-refractivity contribution in [1.29, 1.82) is 0 Å². The van der Waals surface area contributed by atoms with Crippen LogP contribution in [0.2, 0.25) is 0 Å². The number of amides is 5.